The number of carboxylic acids is 1. The van der Waals surface area contributed by atoms with E-state index >= 15 is 0 Å². The molecular formula is C11H10ClGaO2. The van der Waals surface area contributed by atoms with Crippen molar-refractivity contribution in [3.63, 3.8) is 0 Å². The quantitative estimate of drug-likeness (QED) is 0.811. The number of hydrogen-bond acceptors (Lipinski definition) is 1. The molecule has 76 valence electrons. The minimum absolute atomic E-state index is 0. The van der Waals surface area contributed by atoms with Gasteiger partial charge in [-0.05, 0) is 22.9 Å². The zero-order chi connectivity index (χ0) is 10.1. The van der Waals surface area contributed by atoms with Crippen molar-refractivity contribution in [3.8, 4) is 0 Å². The molecule has 15 heavy (non-hydrogen) atoms. The molecule has 0 atom stereocenters. The molecule has 2 aromatic rings. The third-order valence-electron chi connectivity index (χ3n) is 2.07. The summed E-state index contributed by atoms with van der Waals surface area (Å²) in [5, 5.41) is 10.9. The van der Waals surface area contributed by atoms with E-state index in [1.54, 1.807) is 12.1 Å². The SMILES string of the molecule is O=C(O)c1cc2ccccc2cc1Cl.[GaH3]. The molecule has 2 nitrogen and oxygen atoms in total. The summed E-state index contributed by atoms with van der Waals surface area (Å²) in [6, 6.07) is 10.8. The molecule has 0 heterocycles. The Kier molecular flexibility index (Phi) is 3.85. The van der Waals surface area contributed by atoms with Crippen molar-refractivity contribution < 1.29 is 9.90 Å². The number of rotatable bonds is 1. The predicted octanol–water partition coefficient (Wildman–Crippen LogP) is 2.01. The second-order valence-electron chi connectivity index (χ2n) is 2.98. The van der Waals surface area contributed by atoms with Crippen LogP contribution in [-0.2, 0) is 0 Å². The van der Waals surface area contributed by atoms with E-state index in [1.807, 2.05) is 24.3 Å². The zero-order valence-electron chi connectivity index (χ0n) is 7.20. The van der Waals surface area contributed by atoms with Gasteiger partial charge in [0.2, 0.25) is 0 Å². The van der Waals surface area contributed by atoms with Gasteiger partial charge in [0.1, 0.15) is 0 Å². The Hall–Kier alpha value is -0.904. The standard InChI is InChI=1S/C11H7ClO2.Ga.3H/c12-10-6-8-4-2-1-3-7(8)5-9(10)11(13)14;;;;/h1-6H,(H,13,14);;;;. The predicted molar refractivity (Wildman–Crippen MR) is 65.9 cm³/mol. The molecule has 0 aliphatic rings. The number of hydrogen-bond donors (Lipinski definition) is 1. The van der Waals surface area contributed by atoms with Gasteiger partial charge in [0.05, 0.1) is 10.6 Å². The van der Waals surface area contributed by atoms with E-state index in [0.717, 1.165) is 10.8 Å². The van der Waals surface area contributed by atoms with Crippen LogP contribution in [0.15, 0.2) is 36.4 Å². The first-order valence-electron chi connectivity index (χ1n) is 4.10. The minimum atomic E-state index is -0.999. The molecular weight excluding hydrogens is 269 g/mol. The summed E-state index contributed by atoms with van der Waals surface area (Å²) in [7, 11) is 0. The summed E-state index contributed by atoms with van der Waals surface area (Å²) in [6.07, 6.45) is 0. The average molecular weight is 279 g/mol. The van der Waals surface area contributed by atoms with Crippen LogP contribution >= 0.6 is 11.6 Å². The van der Waals surface area contributed by atoms with Crippen molar-refractivity contribution in [3.05, 3.63) is 47.0 Å². The Balaban J connectivity index is 0.00000112. The van der Waals surface area contributed by atoms with Gasteiger partial charge in [-0.2, -0.15) is 0 Å². The van der Waals surface area contributed by atoms with Gasteiger partial charge < -0.3 is 5.11 Å². The van der Waals surface area contributed by atoms with Gasteiger partial charge in [-0.1, -0.05) is 35.9 Å². The molecule has 0 aliphatic carbocycles. The van der Waals surface area contributed by atoms with E-state index in [9.17, 15) is 4.79 Å². The van der Waals surface area contributed by atoms with Gasteiger partial charge in [-0.3, -0.25) is 0 Å². The molecule has 0 saturated carbocycles. The Morgan fingerprint density at radius 1 is 1.13 bits per heavy atom. The fraction of sp³-hybridized carbons (Fsp3) is 0. The topological polar surface area (TPSA) is 37.3 Å². The van der Waals surface area contributed by atoms with Crippen LogP contribution in [0.5, 0.6) is 0 Å². The van der Waals surface area contributed by atoms with Crippen LogP contribution in [0.2, 0.25) is 5.02 Å². The van der Waals surface area contributed by atoms with Gasteiger partial charge in [0.15, 0.2) is 0 Å². The summed E-state index contributed by atoms with van der Waals surface area (Å²) < 4.78 is 0. The molecule has 0 fully saturated rings. The molecule has 0 unspecified atom stereocenters. The van der Waals surface area contributed by atoms with E-state index in [2.05, 4.69) is 0 Å². The van der Waals surface area contributed by atoms with Crippen molar-refractivity contribution in [2.75, 3.05) is 0 Å². The van der Waals surface area contributed by atoms with Gasteiger partial charge >= 0.3 is 25.8 Å². The number of fused-ring (bicyclic) bond motifs is 1. The zero-order valence-corrected chi connectivity index (χ0v) is 7.95. The van der Waals surface area contributed by atoms with E-state index in [-0.39, 0.29) is 30.4 Å². The third-order valence-corrected chi connectivity index (χ3v) is 2.38. The Labute approximate surface area is 105 Å². The third kappa shape index (κ3) is 2.37. The number of halogens is 1. The number of aromatic carboxylic acids is 1. The average Bonchev–Trinajstić information content (AvgIpc) is 2.16. The van der Waals surface area contributed by atoms with E-state index in [4.69, 9.17) is 16.7 Å². The van der Waals surface area contributed by atoms with Crippen LogP contribution in [0.1, 0.15) is 10.4 Å². The van der Waals surface area contributed by atoms with E-state index in [0.29, 0.717) is 0 Å². The van der Waals surface area contributed by atoms with Crippen molar-refractivity contribution in [1.82, 2.24) is 0 Å². The fourth-order valence-corrected chi connectivity index (χ4v) is 1.63. The fourth-order valence-electron chi connectivity index (χ4n) is 1.38. The maximum atomic E-state index is 10.8. The maximum absolute atomic E-state index is 10.8. The summed E-state index contributed by atoms with van der Waals surface area (Å²) in [5.74, 6) is -0.999. The van der Waals surface area contributed by atoms with Crippen LogP contribution in [0.4, 0.5) is 0 Å². The molecule has 1 N–H and O–H groups in total. The van der Waals surface area contributed by atoms with Crippen molar-refractivity contribution >= 4 is 48.1 Å². The molecule has 0 saturated heterocycles. The van der Waals surface area contributed by atoms with Crippen molar-refractivity contribution in [1.29, 1.82) is 0 Å². The molecule has 0 radical (unpaired) electrons. The van der Waals surface area contributed by atoms with Crippen LogP contribution in [0, 0.1) is 0 Å². The number of carboxylic acid groups (broad SMARTS) is 1. The number of carbonyl (C=O) groups is 1. The molecule has 4 heteroatoms. The van der Waals surface area contributed by atoms with E-state index in [1.165, 1.54) is 0 Å². The normalized spacial score (nSPS) is 9.67. The molecule has 0 bridgehead atoms. The van der Waals surface area contributed by atoms with Crippen LogP contribution in [-0.4, -0.2) is 30.9 Å². The Morgan fingerprint density at radius 3 is 2.20 bits per heavy atom. The first kappa shape index (κ1) is 12.2. The second kappa shape index (κ2) is 4.74. The summed E-state index contributed by atoms with van der Waals surface area (Å²) in [5.41, 5.74) is 0.144. The van der Waals surface area contributed by atoms with Crippen molar-refractivity contribution in [2.45, 2.75) is 0 Å². The molecule has 0 spiro atoms. The van der Waals surface area contributed by atoms with Crippen LogP contribution in [0.25, 0.3) is 10.8 Å². The summed E-state index contributed by atoms with van der Waals surface area (Å²) in [4.78, 5) is 10.8. The molecule has 0 amide bonds. The van der Waals surface area contributed by atoms with Gasteiger partial charge in [0, 0.05) is 0 Å². The molecule has 0 aromatic heterocycles. The van der Waals surface area contributed by atoms with Crippen molar-refractivity contribution in [2.24, 2.45) is 0 Å². The van der Waals surface area contributed by atoms with Gasteiger partial charge in [-0.15, -0.1) is 0 Å². The molecule has 2 rings (SSSR count). The van der Waals surface area contributed by atoms with Gasteiger partial charge in [-0.25, -0.2) is 4.79 Å². The monoisotopic (exact) mass is 278 g/mol. The summed E-state index contributed by atoms with van der Waals surface area (Å²) >= 11 is 5.82. The van der Waals surface area contributed by atoms with Crippen LogP contribution < -0.4 is 0 Å². The first-order chi connectivity index (χ1) is 6.68. The number of benzene rings is 2. The summed E-state index contributed by atoms with van der Waals surface area (Å²) in [6.45, 7) is 0. The molecule has 0 aliphatic heterocycles. The Morgan fingerprint density at radius 2 is 1.67 bits per heavy atom. The van der Waals surface area contributed by atoms with Gasteiger partial charge in [0.25, 0.3) is 0 Å². The second-order valence-corrected chi connectivity index (χ2v) is 3.39. The van der Waals surface area contributed by atoms with E-state index < -0.39 is 5.97 Å². The van der Waals surface area contributed by atoms with Crippen LogP contribution in [0.3, 0.4) is 0 Å². The molecule has 2 aromatic carbocycles. The Bertz CT molecular complexity index is 511. The first-order valence-corrected chi connectivity index (χ1v) is 4.48.